The molecule has 1 unspecified atom stereocenters. The van der Waals surface area contributed by atoms with Crippen LogP contribution in [0.3, 0.4) is 0 Å². The molecule has 1 aromatic rings. The van der Waals surface area contributed by atoms with Crippen LogP contribution in [-0.2, 0) is 6.42 Å². The van der Waals surface area contributed by atoms with Gasteiger partial charge in [0.2, 0.25) is 0 Å². The highest BCUT2D eigenvalue weighted by Gasteiger charge is 2.03. The first-order chi connectivity index (χ1) is 7.69. The van der Waals surface area contributed by atoms with Crippen LogP contribution in [0.5, 0.6) is 0 Å². The van der Waals surface area contributed by atoms with E-state index in [1.165, 1.54) is 16.7 Å². The summed E-state index contributed by atoms with van der Waals surface area (Å²) in [5.74, 6) is 0. The lowest BCUT2D eigenvalue weighted by atomic mass is 10.0. The predicted octanol–water partition coefficient (Wildman–Crippen LogP) is 3.65. The van der Waals surface area contributed by atoms with Gasteiger partial charge in [0.1, 0.15) is 0 Å². The molecule has 0 amide bonds. The smallest absolute Gasteiger partial charge is 0.0251 e. The van der Waals surface area contributed by atoms with Crippen LogP contribution in [0.4, 0.5) is 0 Å². The zero-order valence-corrected chi connectivity index (χ0v) is 10.9. The average molecular weight is 217 g/mol. The number of hydrogen-bond donors (Lipinski definition) is 1. The van der Waals surface area contributed by atoms with E-state index in [2.05, 4.69) is 63.4 Å². The van der Waals surface area contributed by atoms with Gasteiger partial charge < -0.3 is 5.32 Å². The highest BCUT2D eigenvalue weighted by atomic mass is 14.9. The Balaban J connectivity index is 2.88. The molecule has 0 spiro atoms. The molecule has 1 rings (SSSR count). The van der Waals surface area contributed by atoms with E-state index < -0.39 is 0 Å². The van der Waals surface area contributed by atoms with E-state index in [-0.39, 0.29) is 0 Å². The monoisotopic (exact) mass is 217 g/mol. The van der Waals surface area contributed by atoms with E-state index >= 15 is 0 Å². The van der Waals surface area contributed by atoms with Crippen LogP contribution in [0.25, 0.3) is 6.08 Å². The minimum absolute atomic E-state index is 0.454. The lowest BCUT2D eigenvalue weighted by Gasteiger charge is -2.13. The van der Waals surface area contributed by atoms with Gasteiger partial charge in [0.25, 0.3) is 0 Å². The Bertz CT molecular complexity index is 352. The van der Waals surface area contributed by atoms with Crippen molar-refractivity contribution in [1.82, 2.24) is 5.32 Å². The van der Waals surface area contributed by atoms with Crippen LogP contribution in [0.2, 0.25) is 0 Å². The summed E-state index contributed by atoms with van der Waals surface area (Å²) < 4.78 is 0. The van der Waals surface area contributed by atoms with Crippen molar-refractivity contribution in [1.29, 1.82) is 0 Å². The van der Waals surface area contributed by atoms with Crippen molar-refractivity contribution in [2.24, 2.45) is 0 Å². The molecule has 1 nitrogen and oxygen atoms in total. The van der Waals surface area contributed by atoms with Crippen LogP contribution in [-0.4, -0.2) is 12.6 Å². The maximum absolute atomic E-state index is 3.43. The number of aryl methyl sites for hydroxylation is 1. The molecule has 0 saturated carbocycles. The summed E-state index contributed by atoms with van der Waals surface area (Å²) in [6.45, 7) is 9.77. The van der Waals surface area contributed by atoms with Gasteiger partial charge in [-0.25, -0.2) is 0 Å². The molecule has 0 aliphatic rings. The molecule has 1 aromatic carbocycles. The Hall–Kier alpha value is -1.08. The lowest BCUT2D eigenvalue weighted by molar-refractivity contribution is 0.636. The third-order valence-corrected chi connectivity index (χ3v) is 3.01. The van der Waals surface area contributed by atoms with Crippen molar-refractivity contribution in [3.63, 3.8) is 0 Å². The Morgan fingerprint density at radius 1 is 1.31 bits per heavy atom. The van der Waals surface area contributed by atoms with Crippen molar-refractivity contribution < 1.29 is 0 Å². The summed E-state index contributed by atoms with van der Waals surface area (Å²) in [4.78, 5) is 0. The molecule has 0 fully saturated rings. The molecular formula is C15H23N. The first-order valence-electron chi connectivity index (χ1n) is 6.18. The normalized spacial score (nSPS) is 13.9. The summed E-state index contributed by atoms with van der Waals surface area (Å²) >= 11 is 0. The highest BCUT2D eigenvalue weighted by molar-refractivity contribution is 5.57. The molecule has 16 heavy (non-hydrogen) atoms. The third-order valence-electron chi connectivity index (χ3n) is 3.01. The maximum Gasteiger partial charge on any atom is 0.0251 e. The first-order valence-corrected chi connectivity index (χ1v) is 6.18. The minimum Gasteiger partial charge on any atom is -0.311 e. The van der Waals surface area contributed by atoms with E-state index in [1.54, 1.807) is 0 Å². The maximum atomic E-state index is 3.43. The average Bonchev–Trinajstić information content (AvgIpc) is 2.30. The van der Waals surface area contributed by atoms with Crippen molar-refractivity contribution >= 4 is 6.08 Å². The number of hydrogen-bond acceptors (Lipinski definition) is 1. The fourth-order valence-corrected chi connectivity index (χ4v) is 1.83. The van der Waals surface area contributed by atoms with Crippen LogP contribution >= 0.6 is 0 Å². The number of benzene rings is 1. The summed E-state index contributed by atoms with van der Waals surface area (Å²) in [6, 6.07) is 9.07. The summed E-state index contributed by atoms with van der Waals surface area (Å²) in [7, 11) is 0. The van der Waals surface area contributed by atoms with E-state index in [4.69, 9.17) is 0 Å². The third kappa shape index (κ3) is 3.49. The summed E-state index contributed by atoms with van der Waals surface area (Å²) in [6.07, 6.45) is 3.39. The van der Waals surface area contributed by atoms with Crippen LogP contribution in [0.1, 0.15) is 38.8 Å². The lowest BCUT2D eigenvalue weighted by Crippen LogP contribution is -2.26. The molecule has 0 heterocycles. The van der Waals surface area contributed by atoms with Gasteiger partial charge in [0, 0.05) is 6.04 Å². The number of rotatable bonds is 5. The molecule has 0 aliphatic heterocycles. The second kappa shape index (κ2) is 6.49. The highest BCUT2D eigenvalue weighted by Crippen LogP contribution is 2.15. The summed E-state index contributed by atoms with van der Waals surface area (Å²) in [5, 5.41) is 3.43. The zero-order valence-electron chi connectivity index (χ0n) is 10.9. The Morgan fingerprint density at radius 2 is 2.00 bits per heavy atom. The van der Waals surface area contributed by atoms with E-state index in [0.29, 0.717) is 6.04 Å². The molecular weight excluding hydrogens is 194 g/mol. The topological polar surface area (TPSA) is 12.0 Å². The van der Waals surface area contributed by atoms with Crippen LogP contribution < -0.4 is 5.32 Å². The number of nitrogens with one attached hydrogen (secondary N) is 1. The van der Waals surface area contributed by atoms with Crippen LogP contribution in [0, 0.1) is 0 Å². The van der Waals surface area contributed by atoms with Crippen LogP contribution in [0.15, 0.2) is 29.8 Å². The van der Waals surface area contributed by atoms with Gasteiger partial charge in [-0.05, 0) is 37.9 Å². The molecule has 1 N–H and O–H groups in total. The number of likely N-dealkylation sites (N-methyl/N-ethyl adjacent to an activating group) is 1. The van der Waals surface area contributed by atoms with Crippen molar-refractivity contribution in [2.45, 2.75) is 40.2 Å². The van der Waals surface area contributed by atoms with Crippen molar-refractivity contribution in [3.8, 4) is 0 Å². The predicted molar refractivity (Wildman–Crippen MR) is 72.6 cm³/mol. The standard InChI is InChI=1S/C15H23N/c1-5-14-9-7-8-10-15(14)11-12(3)13(4)16-6-2/h7-11,13,16H,5-6H2,1-4H3/b12-11+. The quantitative estimate of drug-likeness (QED) is 0.794. The van der Waals surface area contributed by atoms with Gasteiger partial charge in [0.15, 0.2) is 0 Å². The second-order valence-corrected chi connectivity index (χ2v) is 4.22. The Morgan fingerprint density at radius 3 is 2.62 bits per heavy atom. The SMILES string of the molecule is CCNC(C)/C(C)=C/c1ccccc1CC. The van der Waals surface area contributed by atoms with Crippen molar-refractivity contribution in [3.05, 3.63) is 41.0 Å². The molecule has 1 heteroatoms. The molecule has 0 saturated heterocycles. The van der Waals surface area contributed by atoms with Gasteiger partial charge >= 0.3 is 0 Å². The Labute approximate surface area is 99.6 Å². The molecule has 1 atom stereocenters. The zero-order chi connectivity index (χ0) is 12.0. The largest absolute Gasteiger partial charge is 0.311 e. The van der Waals surface area contributed by atoms with E-state index in [0.717, 1.165) is 13.0 Å². The fraction of sp³-hybridized carbons (Fsp3) is 0.467. The van der Waals surface area contributed by atoms with E-state index in [1.807, 2.05) is 0 Å². The second-order valence-electron chi connectivity index (χ2n) is 4.22. The molecule has 0 radical (unpaired) electrons. The molecule has 0 bridgehead atoms. The minimum atomic E-state index is 0.454. The van der Waals surface area contributed by atoms with Gasteiger partial charge in [-0.2, -0.15) is 0 Å². The van der Waals surface area contributed by atoms with Gasteiger partial charge in [-0.3, -0.25) is 0 Å². The van der Waals surface area contributed by atoms with Gasteiger partial charge in [0.05, 0.1) is 0 Å². The molecule has 0 aromatic heterocycles. The molecule has 0 aliphatic carbocycles. The summed E-state index contributed by atoms with van der Waals surface area (Å²) in [5.41, 5.74) is 4.17. The van der Waals surface area contributed by atoms with E-state index in [9.17, 15) is 0 Å². The Kier molecular flexibility index (Phi) is 5.27. The van der Waals surface area contributed by atoms with Crippen molar-refractivity contribution in [2.75, 3.05) is 6.54 Å². The van der Waals surface area contributed by atoms with Gasteiger partial charge in [-0.15, -0.1) is 0 Å². The van der Waals surface area contributed by atoms with Gasteiger partial charge in [-0.1, -0.05) is 49.8 Å². The fourth-order valence-electron chi connectivity index (χ4n) is 1.83. The molecule has 88 valence electrons. The first kappa shape index (κ1) is 13.0.